The highest BCUT2D eigenvalue weighted by molar-refractivity contribution is 7.14. The third-order valence-corrected chi connectivity index (χ3v) is 5.35. The number of aromatic nitrogens is 1. The van der Waals surface area contributed by atoms with Crippen LogP contribution in [0.3, 0.4) is 0 Å². The summed E-state index contributed by atoms with van der Waals surface area (Å²) < 4.78 is 19.1. The normalized spacial score (nSPS) is 11.0. The molecule has 0 saturated carbocycles. The van der Waals surface area contributed by atoms with Gasteiger partial charge in [-0.1, -0.05) is 60.1 Å². The van der Waals surface area contributed by atoms with Crippen molar-refractivity contribution in [3.05, 3.63) is 100 Å². The summed E-state index contributed by atoms with van der Waals surface area (Å²) in [5, 5.41) is 7.29. The number of hydrazone groups is 1. The van der Waals surface area contributed by atoms with E-state index in [0.717, 1.165) is 16.8 Å². The second-order valence-corrected chi connectivity index (χ2v) is 7.60. The van der Waals surface area contributed by atoms with Gasteiger partial charge in [0, 0.05) is 22.1 Å². The lowest BCUT2D eigenvalue weighted by atomic mass is 10.2. The molecule has 0 aliphatic heterocycles. The standard InChI is InChI=1S/C23H17ClFN3OS/c24-20-12-19(25)11-10-18(20)14-29-22-9-5-4-8-17(22)13-26-28-23-27-21(15-30-23)16-6-2-1-3-7-16/h1-13,15H,14H2,(H,27,28). The summed E-state index contributed by atoms with van der Waals surface area (Å²) in [6.45, 7) is 0.226. The molecule has 4 aromatic rings. The minimum Gasteiger partial charge on any atom is -0.488 e. The Hall–Kier alpha value is -3.22. The van der Waals surface area contributed by atoms with Gasteiger partial charge in [-0.25, -0.2) is 9.37 Å². The molecule has 0 unspecified atom stereocenters. The second-order valence-electron chi connectivity index (χ2n) is 6.34. The van der Waals surface area contributed by atoms with Crippen molar-refractivity contribution in [3.8, 4) is 17.0 Å². The molecule has 1 aromatic heterocycles. The van der Waals surface area contributed by atoms with Crippen molar-refractivity contribution in [2.24, 2.45) is 5.10 Å². The zero-order chi connectivity index (χ0) is 20.8. The average Bonchev–Trinajstić information content (AvgIpc) is 3.24. The number of benzene rings is 3. The number of rotatable bonds is 7. The molecule has 0 amide bonds. The Balaban J connectivity index is 1.41. The van der Waals surface area contributed by atoms with Gasteiger partial charge in [-0.3, -0.25) is 5.43 Å². The van der Waals surface area contributed by atoms with Crippen LogP contribution in [0.4, 0.5) is 9.52 Å². The van der Waals surface area contributed by atoms with Crippen LogP contribution in [0.2, 0.25) is 5.02 Å². The predicted octanol–water partition coefficient (Wildman–Crippen LogP) is 6.63. The van der Waals surface area contributed by atoms with E-state index in [1.54, 1.807) is 12.3 Å². The summed E-state index contributed by atoms with van der Waals surface area (Å²) in [6.07, 6.45) is 1.67. The number of nitrogens with zero attached hydrogens (tertiary/aromatic N) is 2. The lowest BCUT2D eigenvalue weighted by Gasteiger charge is -2.10. The third-order valence-electron chi connectivity index (χ3n) is 4.25. The van der Waals surface area contributed by atoms with Crippen molar-refractivity contribution in [2.75, 3.05) is 5.43 Å². The molecule has 0 saturated heterocycles. The van der Waals surface area contributed by atoms with Crippen LogP contribution in [0.5, 0.6) is 5.75 Å². The van der Waals surface area contributed by atoms with Crippen LogP contribution in [0, 0.1) is 5.82 Å². The number of hydrogen-bond acceptors (Lipinski definition) is 5. The summed E-state index contributed by atoms with van der Waals surface area (Å²) >= 11 is 7.55. The maximum absolute atomic E-state index is 13.2. The largest absolute Gasteiger partial charge is 0.488 e. The van der Waals surface area contributed by atoms with E-state index >= 15 is 0 Å². The van der Waals surface area contributed by atoms with Crippen molar-refractivity contribution in [2.45, 2.75) is 6.61 Å². The molecule has 0 radical (unpaired) electrons. The van der Waals surface area contributed by atoms with Crippen LogP contribution in [0.1, 0.15) is 11.1 Å². The van der Waals surface area contributed by atoms with E-state index in [1.807, 2.05) is 60.0 Å². The minimum atomic E-state index is -0.375. The average molecular weight is 438 g/mol. The van der Waals surface area contributed by atoms with Gasteiger partial charge in [0.15, 0.2) is 0 Å². The fraction of sp³-hybridized carbons (Fsp3) is 0.0435. The number of anilines is 1. The second kappa shape index (κ2) is 9.52. The van der Waals surface area contributed by atoms with E-state index in [2.05, 4.69) is 15.5 Å². The van der Waals surface area contributed by atoms with Crippen LogP contribution >= 0.6 is 22.9 Å². The first-order chi connectivity index (χ1) is 14.7. The maximum Gasteiger partial charge on any atom is 0.203 e. The quantitative estimate of drug-likeness (QED) is 0.261. The molecule has 7 heteroatoms. The molecule has 30 heavy (non-hydrogen) atoms. The number of hydrogen-bond donors (Lipinski definition) is 1. The van der Waals surface area contributed by atoms with Crippen molar-refractivity contribution >= 4 is 34.3 Å². The fourth-order valence-corrected chi connectivity index (χ4v) is 3.63. The highest BCUT2D eigenvalue weighted by Crippen LogP contribution is 2.25. The SMILES string of the molecule is Fc1ccc(COc2ccccc2C=NNc2nc(-c3ccccc3)cs2)c(Cl)c1. The van der Waals surface area contributed by atoms with Gasteiger partial charge in [0.1, 0.15) is 18.2 Å². The van der Waals surface area contributed by atoms with Gasteiger partial charge in [0.25, 0.3) is 0 Å². The van der Waals surface area contributed by atoms with E-state index < -0.39 is 0 Å². The lowest BCUT2D eigenvalue weighted by Crippen LogP contribution is -2.00. The number of halogens is 2. The molecule has 4 rings (SSSR count). The van der Waals surface area contributed by atoms with Gasteiger partial charge in [-0.15, -0.1) is 11.3 Å². The van der Waals surface area contributed by atoms with Gasteiger partial charge in [-0.05, 0) is 24.3 Å². The predicted molar refractivity (Wildman–Crippen MR) is 121 cm³/mol. The molecule has 0 atom stereocenters. The zero-order valence-electron chi connectivity index (χ0n) is 15.8. The van der Waals surface area contributed by atoms with E-state index in [1.165, 1.54) is 23.5 Å². The molecule has 1 heterocycles. The Bertz CT molecular complexity index is 1160. The van der Waals surface area contributed by atoms with Crippen molar-refractivity contribution < 1.29 is 9.13 Å². The summed E-state index contributed by atoms with van der Waals surface area (Å²) in [5.41, 5.74) is 6.42. The van der Waals surface area contributed by atoms with Gasteiger partial charge in [0.2, 0.25) is 5.13 Å². The smallest absolute Gasteiger partial charge is 0.203 e. The zero-order valence-corrected chi connectivity index (χ0v) is 17.3. The molecule has 3 aromatic carbocycles. The van der Waals surface area contributed by atoms with Crippen LogP contribution in [0.25, 0.3) is 11.3 Å². The Labute approximate surface area is 182 Å². The first-order valence-corrected chi connectivity index (χ1v) is 10.4. The topological polar surface area (TPSA) is 46.5 Å². The van der Waals surface area contributed by atoms with Gasteiger partial charge in [-0.2, -0.15) is 5.10 Å². The Morgan fingerprint density at radius 1 is 1.07 bits per heavy atom. The summed E-state index contributed by atoms with van der Waals surface area (Å²) in [7, 11) is 0. The third kappa shape index (κ3) is 5.03. The van der Waals surface area contributed by atoms with Crippen molar-refractivity contribution in [1.82, 2.24) is 4.98 Å². The maximum atomic E-state index is 13.2. The first kappa shape index (κ1) is 20.1. The Kier molecular flexibility index (Phi) is 6.37. The number of para-hydroxylation sites is 1. The molecule has 4 nitrogen and oxygen atoms in total. The van der Waals surface area contributed by atoms with E-state index in [4.69, 9.17) is 16.3 Å². The molecule has 0 fully saturated rings. The molecule has 0 bridgehead atoms. The fourth-order valence-electron chi connectivity index (χ4n) is 2.74. The van der Waals surface area contributed by atoms with Gasteiger partial charge in [0.05, 0.1) is 16.9 Å². The summed E-state index contributed by atoms with van der Waals surface area (Å²) in [5.74, 6) is 0.271. The molecular formula is C23H17ClFN3OS. The van der Waals surface area contributed by atoms with Crippen LogP contribution in [0.15, 0.2) is 83.3 Å². The van der Waals surface area contributed by atoms with Crippen LogP contribution in [-0.4, -0.2) is 11.2 Å². The molecule has 150 valence electrons. The van der Waals surface area contributed by atoms with E-state index in [-0.39, 0.29) is 12.4 Å². The number of thiazole rings is 1. The monoisotopic (exact) mass is 437 g/mol. The summed E-state index contributed by atoms with van der Waals surface area (Å²) in [4.78, 5) is 4.54. The lowest BCUT2D eigenvalue weighted by molar-refractivity contribution is 0.305. The molecule has 0 aliphatic rings. The molecular weight excluding hydrogens is 421 g/mol. The molecule has 1 N–H and O–H groups in total. The van der Waals surface area contributed by atoms with E-state index in [0.29, 0.717) is 21.5 Å². The van der Waals surface area contributed by atoms with Gasteiger partial charge < -0.3 is 4.74 Å². The summed E-state index contributed by atoms with van der Waals surface area (Å²) in [6, 6.07) is 21.7. The highest BCUT2D eigenvalue weighted by atomic mass is 35.5. The van der Waals surface area contributed by atoms with Crippen LogP contribution in [-0.2, 0) is 6.61 Å². The minimum absolute atomic E-state index is 0.226. The van der Waals surface area contributed by atoms with Gasteiger partial charge >= 0.3 is 0 Å². The van der Waals surface area contributed by atoms with Crippen molar-refractivity contribution in [1.29, 1.82) is 0 Å². The van der Waals surface area contributed by atoms with E-state index in [9.17, 15) is 4.39 Å². The molecule has 0 aliphatic carbocycles. The highest BCUT2D eigenvalue weighted by Gasteiger charge is 2.06. The Morgan fingerprint density at radius 3 is 2.70 bits per heavy atom. The van der Waals surface area contributed by atoms with Crippen molar-refractivity contribution in [3.63, 3.8) is 0 Å². The molecule has 0 spiro atoms. The number of ether oxygens (including phenoxy) is 1. The Morgan fingerprint density at radius 2 is 1.87 bits per heavy atom. The number of nitrogens with one attached hydrogen (secondary N) is 1. The van der Waals surface area contributed by atoms with Crippen LogP contribution < -0.4 is 10.2 Å². The first-order valence-electron chi connectivity index (χ1n) is 9.15.